The summed E-state index contributed by atoms with van der Waals surface area (Å²) >= 11 is 1.10. The lowest BCUT2D eigenvalue weighted by atomic mass is 10.2. The largest absolute Gasteiger partial charge is 0.334 e. The van der Waals surface area contributed by atoms with Crippen LogP contribution in [0.4, 0.5) is 9.93 Å². The first-order chi connectivity index (χ1) is 11.6. The van der Waals surface area contributed by atoms with Gasteiger partial charge in [0.2, 0.25) is 5.13 Å². The van der Waals surface area contributed by atoms with Crippen molar-refractivity contribution in [3.8, 4) is 11.4 Å². The molecule has 2 heterocycles. The summed E-state index contributed by atoms with van der Waals surface area (Å²) in [6, 6.07) is 10.8. The van der Waals surface area contributed by atoms with Gasteiger partial charge >= 0.3 is 6.03 Å². The van der Waals surface area contributed by atoms with Crippen LogP contribution in [0.15, 0.2) is 47.4 Å². The van der Waals surface area contributed by atoms with Crippen molar-refractivity contribution in [2.45, 2.75) is 13.5 Å². The number of H-pyrrole nitrogens is 1. The Morgan fingerprint density at radius 3 is 2.88 bits per heavy atom. The fraction of sp³-hybridized carbons (Fsp3) is 0.125. The molecule has 7 nitrogen and oxygen atoms in total. The second-order valence-corrected chi connectivity index (χ2v) is 5.88. The predicted octanol–water partition coefficient (Wildman–Crippen LogP) is 2.52. The number of aryl methyl sites for hydroxylation is 1. The molecule has 0 spiro atoms. The molecule has 24 heavy (non-hydrogen) atoms. The summed E-state index contributed by atoms with van der Waals surface area (Å²) in [5.74, 6) is 0.561. The zero-order valence-electron chi connectivity index (χ0n) is 12.9. The van der Waals surface area contributed by atoms with Crippen LogP contribution in [0.2, 0.25) is 0 Å². The van der Waals surface area contributed by atoms with Crippen LogP contribution in [0.5, 0.6) is 0 Å². The highest BCUT2D eigenvalue weighted by Gasteiger charge is 2.09. The van der Waals surface area contributed by atoms with Crippen LogP contribution in [0.3, 0.4) is 0 Å². The minimum absolute atomic E-state index is 0.132. The van der Waals surface area contributed by atoms with Crippen LogP contribution >= 0.6 is 11.5 Å². The minimum Gasteiger partial charge on any atom is -0.334 e. The van der Waals surface area contributed by atoms with Gasteiger partial charge in [-0.1, -0.05) is 30.3 Å². The molecular weight excluding hydrogens is 326 g/mol. The Morgan fingerprint density at radius 2 is 2.08 bits per heavy atom. The van der Waals surface area contributed by atoms with E-state index in [1.54, 1.807) is 12.3 Å². The highest BCUT2D eigenvalue weighted by atomic mass is 32.1. The number of nitrogens with zero attached hydrogens (tertiary/aromatic N) is 2. The Hall–Kier alpha value is -3.00. The van der Waals surface area contributed by atoms with Crippen LogP contribution in [0, 0.1) is 6.92 Å². The highest BCUT2D eigenvalue weighted by Crippen LogP contribution is 2.20. The van der Waals surface area contributed by atoms with Crippen LogP contribution in [-0.2, 0) is 6.54 Å². The van der Waals surface area contributed by atoms with Crippen molar-refractivity contribution in [3.05, 3.63) is 64.1 Å². The summed E-state index contributed by atoms with van der Waals surface area (Å²) in [5, 5.41) is 5.65. The first-order valence-corrected chi connectivity index (χ1v) is 8.01. The maximum absolute atomic E-state index is 11.9. The van der Waals surface area contributed by atoms with Gasteiger partial charge in [0.25, 0.3) is 5.56 Å². The van der Waals surface area contributed by atoms with E-state index in [4.69, 9.17) is 0 Å². The smallest absolute Gasteiger partial charge is 0.321 e. The lowest BCUT2D eigenvalue weighted by molar-refractivity contribution is 0.251. The second kappa shape index (κ2) is 7.05. The van der Waals surface area contributed by atoms with Gasteiger partial charge in [0.15, 0.2) is 5.82 Å². The highest BCUT2D eigenvalue weighted by molar-refractivity contribution is 7.10. The molecule has 0 bridgehead atoms. The Labute approximate surface area is 142 Å². The molecule has 0 unspecified atom stereocenters. The molecule has 122 valence electrons. The van der Waals surface area contributed by atoms with E-state index in [1.165, 1.54) is 0 Å². The first kappa shape index (κ1) is 15.9. The molecule has 0 atom stereocenters. The minimum atomic E-state index is -0.438. The number of anilines is 1. The van der Waals surface area contributed by atoms with Crippen molar-refractivity contribution < 1.29 is 4.79 Å². The van der Waals surface area contributed by atoms with Gasteiger partial charge in [-0.15, -0.1) is 0 Å². The van der Waals surface area contributed by atoms with Crippen molar-refractivity contribution >= 4 is 22.7 Å². The Kier molecular flexibility index (Phi) is 4.66. The molecule has 0 saturated carbocycles. The normalized spacial score (nSPS) is 10.4. The maximum atomic E-state index is 11.9. The quantitative estimate of drug-likeness (QED) is 0.679. The van der Waals surface area contributed by atoms with Crippen LogP contribution in [-0.4, -0.2) is 20.4 Å². The lowest BCUT2D eigenvalue weighted by Gasteiger charge is -2.05. The molecule has 0 aliphatic heterocycles. The molecular formula is C16H15N5O2S. The van der Waals surface area contributed by atoms with E-state index in [9.17, 15) is 9.59 Å². The number of aromatic nitrogens is 3. The molecule has 1 aromatic carbocycles. The first-order valence-electron chi connectivity index (χ1n) is 7.24. The van der Waals surface area contributed by atoms with Crippen molar-refractivity contribution in [1.29, 1.82) is 0 Å². The summed E-state index contributed by atoms with van der Waals surface area (Å²) in [6.07, 6.45) is 1.62. The number of rotatable bonds is 4. The van der Waals surface area contributed by atoms with Crippen LogP contribution < -0.4 is 16.2 Å². The third-order valence-electron chi connectivity index (χ3n) is 3.24. The van der Waals surface area contributed by atoms with Gasteiger partial charge in [-0.2, -0.15) is 9.36 Å². The Morgan fingerprint density at radius 1 is 1.29 bits per heavy atom. The Balaban J connectivity index is 1.60. The van der Waals surface area contributed by atoms with Crippen molar-refractivity contribution in [1.82, 2.24) is 19.7 Å². The van der Waals surface area contributed by atoms with Gasteiger partial charge in [0, 0.05) is 35.4 Å². The van der Waals surface area contributed by atoms with Crippen molar-refractivity contribution in [2.75, 3.05) is 5.32 Å². The van der Waals surface area contributed by atoms with E-state index in [-0.39, 0.29) is 12.1 Å². The molecule has 0 saturated heterocycles. The van der Waals surface area contributed by atoms with Crippen LogP contribution in [0.1, 0.15) is 11.1 Å². The van der Waals surface area contributed by atoms with E-state index in [0.717, 1.165) is 22.7 Å². The molecule has 8 heteroatoms. The summed E-state index contributed by atoms with van der Waals surface area (Å²) in [5.41, 5.74) is 2.08. The zero-order valence-corrected chi connectivity index (χ0v) is 13.7. The number of pyridine rings is 1. The third kappa shape index (κ3) is 3.85. The average molecular weight is 341 g/mol. The third-order valence-corrected chi connectivity index (χ3v) is 3.87. The molecule has 0 aliphatic carbocycles. The van der Waals surface area contributed by atoms with Gasteiger partial charge in [-0.05, 0) is 18.6 Å². The molecule has 3 rings (SSSR count). The van der Waals surface area contributed by atoms with E-state index < -0.39 is 6.03 Å². The topological polar surface area (TPSA) is 99.8 Å². The van der Waals surface area contributed by atoms with E-state index >= 15 is 0 Å². The summed E-state index contributed by atoms with van der Waals surface area (Å²) < 4.78 is 4.22. The van der Waals surface area contributed by atoms with Gasteiger partial charge in [0.1, 0.15) is 0 Å². The van der Waals surface area contributed by atoms with Crippen LogP contribution in [0.25, 0.3) is 11.4 Å². The van der Waals surface area contributed by atoms with Gasteiger partial charge < -0.3 is 10.3 Å². The predicted molar refractivity (Wildman–Crippen MR) is 93.0 cm³/mol. The lowest BCUT2D eigenvalue weighted by Crippen LogP contribution is -2.30. The molecule has 2 aromatic heterocycles. The van der Waals surface area contributed by atoms with E-state index in [2.05, 4.69) is 25.0 Å². The maximum Gasteiger partial charge on any atom is 0.321 e. The molecule has 0 fully saturated rings. The number of benzene rings is 1. The number of amides is 2. The standard InChI is InChI=1S/C16H15N5O2S/c1-10-7-12(14(22)17-8-10)9-18-15(23)20-16-19-13(21-24-16)11-5-3-2-4-6-11/h2-8H,9H2,1H3,(H,17,22)(H2,18,19,20,21,23). The molecule has 0 aliphatic rings. The monoisotopic (exact) mass is 341 g/mol. The summed E-state index contributed by atoms with van der Waals surface area (Å²) in [7, 11) is 0. The molecule has 3 aromatic rings. The van der Waals surface area contributed by atoms with Gasteiger partial charge in [-0.3, -0.25) is 10.1 Å². The zero-order chi connectivity index (χ0) is 16.9. The SMILES string of the molecule is Cc1c[nH]c(=O)c(CNC(=O)Nc2nc(-c3ccccc3)ns2)c1. The summed E-state index contributed by atoms with van der Waals surface area (Å²) in [6.45, 7) is 2.00. The Bertz CT molecular complexity index is 904. The average Bonchev–Trinajstić information content (AvgIpc) is 3.05. The van der Waals surface area contributed by atoms with E-state index in [0.29, 0.717) is 16.5 Å². The number of hydrogen-bond acceptors (Lipinski definition) is 5. The number of nitrogens with one attached hydrogen (secondary N) is 3. The molecule has 2 amide bonds. The number of urea groups is 1. The molecule has 3 N–H and O–H groups in total. The number of aromatic amines is 1. The number of carbonyl (C=O) groups excluding carboxylic acids is 1. The van der Waals surface area contributed by atoms with Crippen molar-refractivity contribution in [3.63, 3.8) is 0 Å². The molecule has 0 radical (unpaired) electrons. The number of carbonyl (C=O) groups is 1. The van der Waals surface area contributed by atoms with Gasteiger partial charge in [-0.25, -0.2) is 4.79 Å². The van der Waals surface area contributed by atoms with E-state index in [1.807, 2.05) is 37.3 Å². The fourth-order valence-electron chi connectivity index (χ4n) is 2.08. The van der Waals surface area contributed by atoms with Gasteiger partial charge in [0.05, 0.1) is 0 Å². The van der Waals surface area contributed by atoms with Crippen molar-refractivity contribution in [2.24, 2.45) is 0 Å². The number of hydrogen-bond donors (Lipinski definition) is 3. The fourth-order valence-corrected chi connectivity index (χ4v) is 2.67. The summed E-state index contributed by atoms with van der Waals surface area (Å²) in [4.78, 5) is 30.5. The second-order valence-electron chi connectivity index (χ2n) is 5.13.